The number of amides is 1. The van der Waals surface area contributed by atoms with E-state index in [2.05, 4.69) is 10.3 Å². The molecule has 0 saturated carbocycles. The van der Waals surface area contributed by atoms with Crippen molar-refractivity contribution in [2.45, 2.75) is 43.8 Å². The zero-order valence-electron chi connectivity index (χ0n) is 13.6. The Labute approximate surface area is 148 Å². The smallest absolute Gasteiger partial charge is 0.217 e. The van der Waals surface area contributed by atoms with Crippen LogP contribution >= 0.6 is 11.3 Å². The van der Waals surface area contributed by atoms with Crippen LogP contribution in [0.4, 0.5) is 5.13 Å². The molecular formula is C16H21N3O5S. The van der Waals surface area contributed by atoms with Crippen molar-refractivity contribution in [1.82, 2.24) is 10.3 Å². The average Bonchev–Trinajstić information content (AvgIpc) is 2.95. The molecule has 25 heavy (non-hydrogen) atoms. The Hall–Kier alpha value is -1.78. The molecule has 5 atom stereocenters. The first kappa shape index (κ1) is 18.0. The number of para-hydroxylation sites is 1. The summed E-state index contributed by atoms with van der Waals surface area (Å²) < 4.78 is 6.69. The van der Waals surface area contributed by atoms with Crippen LogP contribution in [0.25, 0.3) is 10.2 Å². The summed E-state index contributed by atoms with van der Waals surface area (Å²) in [6.07, 6.45) is -3.76. The van der Waals surface area contributed by atoms with Crippen LogP contribution in [-0.4, -0.2) is 63.3 Å². The summed E-state index contributed by atoms with van der Waals surface area (Å²) in [5, 5.41) is 32.9. The normalized spacial score (nSPS) is 29.7. The number of thiazole rings is 1. The Bertz CT molecular complexity index is 767. The number of benzene rings is 1. The van der Waals surface area contributed by atoms with Crippen molar-refractivity contribution >= 4 is 32.6 Å². The number of ether oxygens (including phenoxy) is 1. The number of aromatic nitrogens is 1. The van der Waals surface area contributed by atoms with Crippen molar-refractivity contribution in [2.75, 3.05) is 12.3 Å². The van der Waals surface area contributed by atoms with Gasteiger partial charge in [0.05, 0.1) is 29.0 Å². The Kier molecular flexibility index (Phi) is 5.21. The van der Waals surface area contributed by atoms with E-state index in [0.717, 1.165) is 15.8 Å². The van der Waals surface area contributed by atoms with Gasteiger partial charge in [0.15, 0.2) is 5.13 Å². The van der Waals surface area contributed by atoms with Crippen LogP contribution in [0.3, 0.4) is 0 Å². The molecule has 9 heteroatoms. The van der Waals surface area contributed by atoms with Crippen LogP contribution in [0.5, 0.6) is 0 Å². The van der Waals surface area contributed by atoms with E-state index in [9.17, 15) is 20.1 Å². The van der Waals surface area contributed by atoms with Gasteiger partial charge in [-0.2, -0.15) is 0 Å². The van der Waals surface area contributed by atoms with Gasteiger partial charge in [0, 0.05) is 13.3 Å². The van der Waals surface area contributed by atoms with Crippen LogP contribution in [0, 0.1) is 0 Å². The largest absolute Gasteiger partial charge is 0.394 e. The fourth-order valence-corrected chi connectivity index (χ4v) is 3.97. The van der Waals surface area contributed by atoms with Crippen LogP contribution < -0.4 is 11.1 Å². The third-order valence-electron chi connectivity index (χ3n) is 4.34. The Morgan fingerprint density at radius 1 is 1.36 bits per heavy atom. The van der Waals surface area contributed by atoms with Gasteiger partial charge in [0.2, 0.25) is 5.91 Å². The van der Waals surface area contributed by atoms with E-state index in [0.29, 0.717) is 11.6 Å². The molecule has 1 fully saturated rings. The van der Waals surface area contributed by atoms with Gasteiger partial charge in [-0.3, -0.25) is 4.79 Å². The number of hydrogen-bond donors (Lipinski definition) is 5. The molecule has 8 nitrogen and oxygen atoms in total. The molecule has 3 rings (SSSR count). The van der Waals surface area contributed by atoms with Gasteiger partial charge in [0.1, 0.15) is 18.3 Å². The molecule has 0 spiro atoms. The fourth-order valence-electron chi connectivity index (χ4n) is 3.19. The molecule has 2 aromatic rings. The molecule has 136 valence electrons. The number of nitrogen functional groups attached to an aromatic ring is 1. The Morgan fingerprint density at radius 2 is 2.12 bits per heavy atom. The fraction of sp³-hybridized carbons (Fsp3) is 0.500. The zero-order valence-corrected chi connectivity index (χ0v) is 14.4. The number of carbonyl (C=O) groups is 1. The minimum atomic E-state index is -1.29. The molecule has 2 heterocycles. The highest BCUT2D eigenvalue weighted by molar-refractivity contribution is 7.22. The summed E-state index contributed by atoms with van der Waals surface area (Å²) in [7, 11) is 0. The number of aliphatic hydroxyl groups excluding tert-OH is 3. The number of nitrogens with two attached hydrogens (primary N) is 1. The summed E-state index contributed by atoms with van der Waals surface area (Å²) in [6, 6.07) is 4.86. The maximum Gasteiger partial charge on any atom is 0.217 e. The zero-order chi connectivity index (χ0) is 18.1. The van der Waals surface area contributed by atoms with Gasteiger partial charge in [-0.05, 0) is 11.6 Å². The second-order valence-electron chi connectivity index (χ2n) is 6.12. The predicted octanol–water partition coefficient (Wildman–Crippen LogP) is -0.593. The summed E-state index contributed by atoms with van der Waals surface area (Å²) in [5.74, 6) is -0.344. The summed E-state index contributed by atoms with van der Waals surface area (Å²) in [5.41, 5.74) is 7.38. The number of nitrogens with one attached hydrogen (secondary N) is 1. The number of fused-ring (bicyclic) bond motifs is 1. The van der Waals surface area contributed by atoms with Crippen molar-refractivity contribution in [3.05, 3.63) is 23.8 Å². The van der Waals surface area contributed by atoms with Gasteiger partial charge < -0.3 is 31.1 Å². The maximum absolute atomic E-state index is 11.5. The third kappa shape index (κ3) is 3.60. The van der Waals surface area contributed by atoms with Crippen molar-refractivity contribution in [1.29, 1.82) is 0 Å². The predicted molar refractivity (Wildman–Crippen MR) is 93.1 cm³/mol. The summed E-state index contributed by atoms with van der Waals surface area (Å²) >= 11 is 1.37. The van der Waals surface area contributed by atoms with Crippen molar-refractivity contribution < 1.29 is 24.9 Å². The van der Waals surface area contributed by atoms with Crippen LogP contribution in [0.15, 0.2) is 18.2 Å². The van der Waals surface area contributed by atoms with Crippen molar-refractivity contribution in [3.63, 3.8) is 0 Å². The summed E-state index contributed by atoms with van der Waals surface area (Å²) in [4.78, 5) is 15.8. The quantitative estimate of drug-likeness (QED) is 0.487. The lowest BCUT2D eigenvalue weighted by molar-refractivity contribution is -0.194. The molecule has 1 aromatic heterocycles. The SMILES string of the molecule is CC(=O)N[C@@H]1C(Cc2cccc3sc(N)nc23)OC(CO)C(O)C1O. The first-order chi connectivity index (χ1) is 11.9. The van der Waals surface area contributed by atoms with E-state index in [1.807, 2.05) is 18.2 Å². The molecule has 0 radical (unpaired) electrons. The van der Waals surface area contributed by atoms with E-state index in [4.69, 9.17) is 10.5 Å². The molecule has 0 bridgehead atoms. The molecule has 6 N–H and O–H groups in total. The Morgan fingerprint density at radius 3 is 2.80 bits per heavy atom. The number of aliphatic hydroxyl groups is 3. The lowest BCUT2D eigenvalue weighted by Gasteiger charge is -2.42. The van der Waals surface area contributed by atoms with Crippen molar-refractivity contribution in [3.8, 4) is 0 Å². The van der Waals surface area contributed by atoms with Gasteiger partial charge in [-0.1, -0.05) is 23.5 Å². The van der Waals surface area contributed by atoms with Crippen LogP contribution in [0.1, 0.15) is 12.5 Å². The highest BCUT2D eigenvalue weighted by Crippen LogP contribution is 2.30. The number of hydrogen-bond acceptors (Lipinski definition) is 8. The van der Waals surface area contributed by atoms with E-state index in [-0.39, 0.29) is 5.91 Å². The minimum absolute atomic E-state index is 0.339. The second kappa shape index (κ2) is 7.22. The molecule has 1 aromatic carbocycles. The van der Waals surface area contributed by atoms with Gasteiger partial charge in [0.25, 0.3) is 0 Å². The summed E-state index contributed by atoms with van der Waals surface area (Å²) in [6.45, 7) is 0.894. The monoisotopic (exact) mass is 367 g/mol. The number of carbonyl (C=O) groups excluding carboxylic acids is 1. The number of anilines is 1. The minimum Gasteiger partial charge on any atom is -0.394 e. The molecule has 4 unspecified atom stereocenters. The van der Waals surface area contributed by atoms with Crippen molar-refractivity contribution in [2.24, 2.45) is 0 Å². The molecule has 1 saturated heterocycles. The first-order valence-electron chi connectivity index (χ1n) is 7.94. The van der Waals surface area contributed by atoms with Gasteiger partial charge in [-0.15, -0.1) is 0 Å². The number of nitrogens with zero attached hydrogens (tertiary/aromatic N) is 1. The standard InChI is InChI=1S/C16H21N3O5S/c1-7(21)18-13-9(24-10(6-20)14(22)15(13)23)5-8-3-2-4-11-12(8)19-16(17)25-11/h2-4,9-10,13-15,20,22-23H,5-6H2,1H3,(H2,17,19)(H,18,21)/t9?,10?,13-,14?,15?/m1/s1. The average molecular weight is 367 g/mol. The topological polar surface area (TPSA) is 138 Å². The molecule has 0 aliphatic carbocycles. The highest BCUT2D eigenvalue weighted by atomic mass is 32.1. The number of rotatable bonds is 4. The second-order valence-corrected chi connectivity index (χ2v) is 7.19. The van der Waals surface area contributed by atoms with Crippen LogP contribution in [0.2, 0.25) is 0 Å². The molecule has 1 aliphatic heterocycles. The van der Waals surface area contributed by atoms with E-state index in [1.165, 1.54) is 18.3 Å². The van der Waals surface area contributed by atoms with E-state index < -0.39 is 37.1 Å². The molecule has 1 amide bonds. The van der Waals surface area contributed by atoms with Crippen LogP contribution in [-0.2, 0) is 16.0 Å². The van der Waals surface area contributed by atoms with Gasteiger partial charge in [-0.25, -0.2) is 4.98 Å². The van der Waals surface area contributed by atoms with E-state index >= 15 is 0 Å². The lowest BCUT2D eigenvalue weighted by Crippen LogP contribution is -2.64. The van der Waals surface area contributed by atoms with E-state index in [1.54, 1.807) is 0 Å². The Balaban J connectivity index is 1.92. The maximum atomic E-state index is 11.5. The molecular weight excluding hydrogens is 346 g/mol. The lowest BCUT2D eigenvalue weighted by atomic mass is 9.89. The third-order valence-corrected chi connectivity index (χ3v) is 5.19. The molecule has 1 aliphatic rings. The highest BCUT2D eigenvalue weighted by Gasteiger charge is 2.44. The first-order valence-corrected chi connectivity index (χ1v) is 8.75. The van der Waals surface area contributed by atoms with Gasteiger partial charge >= 0.3 is 0 Å².